The summed E-state index contributed by atoms with van der Waals surface area (Å²) in [6.07, 6.45) is 0.930. The summed E-state index contributed by atoms with van der Waals surface area (Å²) in [6.45, 7) is 2.05. The van der Waals surface area contributed by atoms with Gasteiger partial charge in [0.2, 0.25) is 0 Å². The SMILES string of the molecule is O=S(=O)(O)C1CC(C(COCc2ccccc2)COCc2ccccc2)C1.[KH]. The van der Waals surface area contributed by atoms with Crippen LogP contribution in [0.3, 0.4) is 0 Å². The second-order valence-corrected chi connectivity index (χ2v) is 8.83. The third-order valence-corrected chi connectivity index (χ3v) is 6.33. The van der Waals surface area contributed by atoms with Crippen LogP contribution in [0.4, 0.5) is 0 Å². The summed E-state index contributed by atoms with van der Waals surface area (Å²) in [4.78, 5) is 0. The van der Waals surface area contributed by atoms with E-state index in [0.717, 1.165) is 11.1 Å². The van der Waals surface area contributed by atoms with Gasteiger partial charge in [-0.1, -0.05) is 60.7 Å². The molecule has 0 aromatic heterocycles. The molecule has 0 unspecified atom stereocenters. The molecule has 0 atom stereocenters. The molecule has 2 aromatic rings. The van der Waals surface area contributed by atoms with Gasteiger partial charge in [-0.05, 0) is 29.9 Å². The summed E-state index contributed by atoms with van der Waals surface area (Å²) in [6, 6.07) is 19.9. The fourth-order valence-corrected chi connectivity index (χ4v) is 4.34. The molecule has 1 fully saturated rings. The van der Waals surface area contributed by atoms with Crippen LogP contribution < -0.4 is 0 Å². The fourth-order valence-electron chi connectivity index (χ4n) is 3.36. The number of rotatable bonds is 10. The van der Waals surface area contributed by atoms with E-state index in [1.165, 1.54) is 0 Å². The van der Waals surface area contributed by atoms with E-state index < -0.39 is 15.4 Å². The molecule has 0 spiro atoms. The van der Waals surface area contributed by atoms with Gasteiger partial charge in [0.25, 0.3) is 10.1 Å². The summed E-state index contributed by atoms with van der Waals surface area (Å²) in [5, 5.41) is -0.645. The van der Waals surface area contributed by atoms with E-state index in [9.17, 15) is 13.0 Å². The minimum absolute atomic E-state index is 0. The Balaban J connectivity index is 0.00000280. The van der Waals surface area contributed by atoms with Crippen LogP contribution in [0.2, 0.25) is 0 Å². The Labute approximate surface area is 210 Å². The number of hydrogen-bond acceptors (Lipinski definition) is 4. The van der Waals surface area contributed by atoms with Gasteiger partial charge in [-0.2, -0.15) is 8.42 Å². The summed E-state index contributed by atoms with van der Waals surface area (Å²) < 4.78 is 43.5. The zero-order valence-corrected chi connectivity index (χ0v) is 16.1. The molecule has 0 aliphatic heterocycles. The van der Waals surface area contributed by atoms with E-state index in [1.807, 2.05) is 60.7 Å². The molecule has 0 saturated heterocycles. The molecule has 3 rings (SSSR count). The van der Waals surface area contributed by atoms with Crippen LogP contribution in [-0.2, 0) is 32.8 Å². The van der Waals surface area contributed by atoms with E-state index in [-0.39, 0.29) is 63.2 Å². The summed E-state index contributed by atoms with van der Waals surface area (Å²) in [5.74, 6) is 0.291. The van der Waals surface area contributed by atoms with Crippen molar-refractivity contribution in [2.24, 2.45) is 11.8 Å². The molecule has 1 saturated carbocycles. The Kier molecular flexibility index (Phi) is 10.3. The molecule has 7 heteroatoms. The molecular weight excluding hydrogens is 403 g/mol. The van der Waals surface area contributed by atoms with E-state index in [0.29, 0.717) is 39.3 Å². The van der Waals surface area contributed by atoms with Crippen LogP contribution in [0.1, 0.15) is 24.0 Å². The Morgan fingerprint density at radius 1 is 0.857 bits per heavy atom. The Bertz CT molecular complexity index is 747. The van der Waals surface area contributed by atoms with Gasteiger partial charge in [0.15, 0.2) is 0 Å². The summed E-state index contributed by atoms with van der Waals surface area (Å²) in [7, 11) is -3.94. The number of ether oxygens (including phenoxy) is 2. The van der Waals surface area contributed by atoms with Gasteiger partial charge in [-0.3, -0.25) is 4.55 Å². The van der Waals surface area contributed by atoms with Gasteiger partial charge in [0, 0.05) is 5.92 Å². The van der Waals surface area contributed by atoms with Gasteiger partial charge in [-0.25, -0.2) is 0 Å². The minimum atomic E-state index is -3.94. The van der Waals surface area contributed by atoms with Crippen molar-refractivity contribution in [1.29, 1.82) is 0 Å². The van der Waals surface area contributed by atoms with E-state index in [2.05, 4.69) is 0 Å². The third-order valence-electron chi connectivity index (χ3n) is 5.11. The van der Waals surface area contributed by atoms with Gasteiger partial charge in [0.1, 0.15) is 0 Å². The zero-order chi connectivity index (χ0) is 19.1. The quantitative estimate of drug-likeness (QED) is 0.463. The summed E-state index contributed by atoms with van der Waals surface area (Å²) in [5.41, 5.74) is 2.21. The predicted octanol–water partition coefficient (Wildman–Crippen LogP) is 3.05. The molecule has 1 N–H and O–H groups in total. The van der Waals surface area contributed by atoms with Gasteiger partial charge < -0.3 is 9.47 Å². The molecule has 0 heterocycles. The molecule has 1 aliphatic rings. The van der Waals surface area contributed by atoms with Crippen LogP contribution >= 0.6 is 0 Å². The molecule has 0 bridgehead atoms. The maximum atomic E-state index is 11.3. The van der Waals surface area contributed by atoms with Crippen molar-refractivity contribution in [3.8, 4) is 0 Å². The fraction of sp³-hybridized carbons (Fsp3) is 0.429. The van der Waals surface area contributed by atoms with Crippen molar-refractivity contribution in [2.75, 3.05) is 13.2 Å². The zero-order valence-electron chi connectivity index (χ0n) is 15.2. The molecular formula is C21H27KO5S. The Morgan fingerprint density at radius 3 is 1.68 bits per heavy atom. The van der Waals surface area contributed by atoms with Crippen molar-refractivity contribution < 1.29 is 22.4 Å². The second-order valence-electron chi connectivity index (χ2n) is 7.13. The average molecular weight is 431 g/mol. The standard InChI is InChI=1S/C21H26O5S.K.H/c22-27(23,24)21-11-19(12-21)20(15-25-13-17-7-3-1-4-8-17)16-26-14-18-9-5-2-6-10-18;;/h1-10,19-21H,11-16H2,(H,22,23,24);;. The Morgan fingerprint density at radius 2 is 1.29 bits per heavy atom. The van der Waals surface area contributed by atoms with Crippen LogP contribution in [-0.4, -0.2) is 82.8 Å². The van der Waals surface area contributed by atoms with Crippen molar-refractivity contribution >= 4 is 61.5 Å². The maximum absolute atomic E-state index is 11.3. The van der Waals surface area contributed by atoms with Crippen LogP contribution in [0.25, 0.3) is 0 Å². The van der Waals surface area contributed by atoms with E-state index in [1.54, 1.807) is 0 Å². The molecule has 2 aromatic carbocycles. The molecule has 28 heavy (non-hydrogen) atoms. The molecule has 0 amide bonds. The van der Waals surface area contributed by atoms with Crippen molar-refractivity contribution in [1.82, 2.24) is 0 Å². The third kappa shape index (κ3) is 7.63. The first kappa shape index (κ1) is 24.2. The van der Waals surface area contributed by atoms with Crippen LogP contribution in [0.5, 0.6) is 0 Å². The molecule has 148 valence electrons. The normalized spacial score (nSPS) is 19.1. The topological polar surface area (TPSA) is 72.8 Å². The van der Waals surface area contributed by atoms with Gasteiger partial charge in [-0.15, -0.1) is 0 Å². The Hall–Kier alpha value is -0.0936. The monoisotopic (exact) mass is 430 g/mol. The van der Waals surface area contributed by atoms with E-state index >= 15 is 0 Å². The van der Waals surface area contributed by atoms with Crippen LogP contribution in [0, 0.1) is 11.8 Å². The molecule has 5 nitrogen and oxygen atoms in total. The predicted molar refractivity (Wildman–Crippen MR) is 111 cm³/mol. The first-order valence-electron chi connectivity index (χ1n) is 9.22. The first-order valence-corrected chi connectivity index (χ1v) is 10.7. The van der Waals surface area contributed by atoms with E-state index in [4.69, 9.17) is 9.47 Å². The summed E-state index contributed by atoms with van der Waals surface area (Å²) >= 11 is 0. The first-order chi connectivity index (χ1) is 13.0. The second kappa shape index (κ2) is 11.9. The number of benzene rings is 2. The van der Waals surface area contributed by atoms with Gasteiger partial charge in [0.05, 0.1) is 31.7 Å². The van der Waals surface area contributed by atoms with Gasteiger partial charge >= 0.3 is 51.4 Å². The van der Waals surface area contributed by atoms with Crippen molar-refractivity contribution in [3.05, 3.63) is 71.8 Å². The molecule has 0 radical (unpaired) electrons. The van der Waals surface area contributed by atoms with Crippen LogP contribution in [0.15, 0.2) is 60.7 Å². The van der Waals surface area contributed by atoms with Crippen molar-refractivity contribution in [3.63, 3.8) is 0 Å². The van der Waals surface area contributed by atoms with Crippen molar-refractivity contribution in [2.45, 2.75) is 31.3 Å². The number of hydrogen-bond donors (Lipinski definition) is 1. The molecule has 1 aliphatic carbocycles. The average Bonchev–Trinajstić information content (AvgIpc) is 2.61.